The summed E-state index contributed by atoms with van der Waals surface area (Å²) in [6, 6.07) is 0. The number of hydrogen-bond donors (Lipinski definition) is 2. The van der Waals surface area contributed by atoms with E-state index in [1.54, 1.807) is 6.92 Å². The number of aryl methyl sites for hydroxylation is 1. The molecular weight excluding hydrogens is 280 g/mol. The Balaban J connectivity index is 2.02. The van der Waals surface area contributed by atoms with Crippen molar-refractivity contribution in [2.45, 2.75) is 45.1 Å². The van der Waals surface area contributed by atoms with Gasteiger partial charge in [0, 0.05) is 18.2 Å². The Morgan fingerprint density at radius 2 is 2.24 bits per heavy atom. The van der Waals surface area contributed by atoms with Crippen molar-refractivity contribution in [2.24, 2.45) is 0 Å². The minimum atomic E-state index is -0.764. The number of nitrogens with one attached hydrogen (secondary N) is 1. The van der Waals surface area contributed by atoms with Crippen molar-refractivity contribution in [3.8, 4) is 0 Å². The van der Waals surface area contributed by atoms with Crippen molar-refractivity contribution in [3.05, 3.63) is 32.6 Å². The summed E-state index contributed by atoms with van der Waals surface area (Å²) in [6.45, 7) is 4.09. The quantitative estimate of drug-likeness (QED) is 0.430. The molecule has 1 saturated heterocycles. The van der Waals surface area contributed by atoms with Crippen molar-refractivity contribution in [2.75, 3.05) is 13.2 Å². The first-order chi connectivity index (χ1) is 10.0. The van der Waals surface area contributed by atoms with Gasteiger partial charge in [-0.15, -0.1) is 0 Å². The molecule has 0 saturated carbocycles. The molecule has 0 amide bonds. The molecule has 0 bridgehead atoms. The predicted molar refractivity (Wildman–Crippen MR) is 72.8 cm³/mol. The summed E-state index contributed by atoms with van der Waals surface area (Å²) < 4.78 is 6.87. The Labute approximate surface area is 121 Å². The van der Waals surface area contributed by atoms with E-state index < -0.39 is 29.7 Å². The van der Waals surface area contributed by atoms with Gasteiger partial charge in [-0.2, -0.15) is 0 Å². The van der Waals surface area contributed by atoms with E-state index in [-0.39, 0.29) is 13.0 Å². The molecule has 2 rings (SSSR count). The van der Waals surface area contributed by atoms with E-state index in [4.69, 9.17) is 14.5 Å². The smallest absolute Gasteiger partial charge is 0.330 e. The first kappa shape index (κ1) is 15.9. The van der Waals surface area contributed by atoms with E-state index in [0.29, 0.717) is 12.2 Å². The Morgan fingerprint density at radius 1 is 1.48 bits per heavy atom. The number of ether oxygens (including phenoxy) is 1. The van der Waals surface area contributed by atoms with Crippen molar-refractivity contribution in [3.63, 3.8) is 0 Å². The summed E-state index contributed by atoms with van der Waals surface area (Å²) in [5.74, 6) is 0. The second kappa shape index (κ2) is 6.99. The Hall–Kier alpha value is -1.48. The Morgan fingerprint density at radius 3 is 2.95 bits per heavy atom. The van der Waals surface area contributed by atoms with E-state index in [1.165, 1.54) is 10.8 Å². The number of aliphatic hydroxyl groups is 1. The molecule has 2 N–H and O–H groups in total. The molecule has 8 nitrogen and oxygen atoms in total. The fourth-order valence-electron chi connectivity index (χ4n) is 2.09. The molecular formula is C13H20N2O6. The van der Waals surface area contributed by atoms with E-state index >= 15 is 0 Å². The third-order valence-electron chi connectivity index (χ3n) is 3.26. The van der Waals surface area contributed by atoms with Crippen molar-refractivity contribution < 1.29 is 19.6 Å². The van der Waals surface area contributed by atoms with Crippen molar-refractivity contribution in [1.29, 1.82) is 0 Å². The third-order valence-corrected chi connectivity index (χ3v) is 3.26. The molecule has 0 aromatic carbocycles. The second-order valence-electron chi connectivity index (χ2n) is 5.02. The number of H-pyrrole nitrogens is 1. The summed E-state index contributed by atoms with van der Waals surface area (Å²) in [5, 5.41) is 9.94. The molecule has 0 aliphatic carbocycles. The SMILES string of the molecule is CCCOOCC1OC(n2cc(C)c(=O)[nH]c2=O)CC1O. The summed E-state index contributed by atoms with van der Waals surface area (Å²) in [5.41, 5.74) is -0.590. The van der Waals surface area contributed by atoms with Crippen LogP contribution in [0.1, 0.15) is 31.6 Å². The molecule has 1 aliphatic rings. The molecule has 118 valence electrons. The molecule has 21 heavy (non-hydrogen) atoms. The van der Waals surface area contributed by atoms with Crippen LogP contribution in [-0.4, -0.2) is 40.1 Å². The third kappa shape index (κ3) is 3.79. The van der Waals surface area contributed by atoms with E-state index in [1.807, 2.05) is 6.92 Å². The lowest BCUT2D eigenvalue weighted by atomic mass is 10.2. The van der Waals surface area contributed by atoms with E-state index in [0.717, 1.165) is 6.42 Å². The maximum absolute atomic E-state index is 11.8. The predicted octanol–water partition coefficient (Wildman–Crippen LogP) is -0.148. The van der Waals surface area contributed by atoms with Crippen LogP contribution in [0.5, 0.6) is 0 Å². The molecule has 1 fully saturated rings. The highest BCUT2D eigenvalue weighted by molar-refractivity contribution is 5.02. The molecule has 3 atom stereocenters. The van der Waals surface area contributed by atoms with Gasteiger partial charge < -0.3 is 9.84 Å². The fraction of sp³-hybridized carbons (Fsp3) is 0.692. The van der Waals surface area contributed by atoms with Gasteiger partial charge in [-0.1, -0.05) is 6.92 Å². The van der Waals surface area contributed by atoms with Crippen molar-refractivity contribution >= 4 is 0 Å². The van der Waals surface area contributed by atoms with Gasteiger partial charge in [0.05, 0.1) is 12.7 Å². The summed E-state index contributed by atoms with van der Waals surface area (Å²) in [7, 11) is 0. The van der Waals surface area contributed by atoms with E-state index in [9.17, 15) is 14.7 Å². The number of aliphatic hydroxyl groups excluding tert-OH is 1. The van der Waals surface area contributed by atoms with Crippen LogP contribution in [0.4, 0.5) is 0 Å². The molecule has 8 heteroatoms. The van der Waals surface area contributed by atoms with Gasteiger partial charge in [-0.05, 0) is 13.3 Å². The van der Waals surface area contributed by atoms with Crippen LogP contribution in [0.25, 0.3) is 0 Å². The highest BCUT2D eigenvalue weighted by atomic mass is 17.2. The summed E-state index contributed by atoms with van der Waals surface area (Å²) in [4.78, 5) is 35.2. The van der Waals surface area contributed by atoms with Crippen LogP contribution >= 0.6 is 0 Å². The van der Waals surface area contributed by atoms with Crippen molar-refractivity contribution in [1.82, 2.24) is 9.55 Å². The monoisotopic (exact) mass is 300 g/mol. The first-order valence-electron chi connectivity index (χ1n) is 6.93. The second-order valence-corrected chi connectivity index (χ2v) is 5.02. The fourth-order valence-corrected chi connectivity index (χ4v) is 2.09. The zero-order chi connectivity index (χ0) is 15.4. The average Bonchev–Trinajstić information content (AvgIpc) is 2.80. The van der Waals surface area contributed by atoms with Gasteiger partial charge >= 0.3 is 5.69 Å². The lowest BCUT2D eigenvalue weighted by Gasteiger charge is -2.15. The van der Waals surface area contributed by atoms with Gasteiger partial charge in [-0.3, -0.25) is 14.3 Å². The van der Waals surface area contributed by atoms with Crippen LogP contribution in [0.3, 0.4) is 0 Å². The highest BCUT2D eigenvalue weighted by Gasteiger charge is 2.36. The number of aromatic nitrogens is 2. The minimum absolute atomic E-state index is 0.0781. The van der Waals surface area contributed by atoms with Crippen LogP contribution in [0.2, 0.25) is 0 Å². The lowest BCUT2D eigenvalue weighted by Crippen LogP contribution is -2.33. The first-order valence-corrected chi connectivity index (χ1v) is 6.93. The van der Waals surface area contributed by atoms with Gasteiger partial charge in [-0.25, -0.2) is 14.6 Å². The molecule has 1 aromatic heterocycles. The van der Waals surface area contributed by atoms with Gasteiger partial charge in [0.25, 0.3) is 5.56 Å². The number of hydrogen-bond acceptors (Lipinski definition) is 6. The maximum Gasteiger partial charge on any atom is 0.330 e. The average molecular weight is 300 g/mol. The summed E-state index contributed by atoms with van der Waals surface area (Å²) in [6.07, 6.45) is 0.513. The minimum Gasteiger partial charge on any atom is -0.390 e. The Bertz CT molecular complexity index is 581. The topological polar surface area (TPSA) is 103 Å². The summed E-state index contributed by atoms with van der Waals surface area (Å²) >= 11 is 0. The highest BCUT2D eigenvalue weighted by Crippen LogP contribution is 2.27. The zero-order valence-corrected chi connectivity index (χ0v) is 12.1. The van der Waals surface area contributed by atoms with Crippen LogP contribution in [0, 0.1) is 6.92 Å². The van der Waals surface area contributed by atoms with Gasteiger partial charge in [0.1, 0.15) is 18.9 Å². The normalized spacial score (nSPS) is 25.4. The van der Waals surface area contributed by atoms with Gasteiger partial charge in [0.15, 0.2) is 0 Å². The van der Waals surface area contributed by atoms with Crippen LogP contribution < -0.4 is 11.2 Å². The standard InChI is InChI=1S/C13H20N2O6/c1-3-4-19-20-7-10-9(16)5-11(21-10)15-6-8(2)12(17)14-13(15)18/h6,9-11,16H,3-5,7H2,1-2H3,(H,14,17,18). The van der Waals surface area contributed by atoms with Gasteiger partial charge in [0.2, 0.25) is 0 Å². The van der Waals surface area contributed by atoms with Crippen LogP contribution in [0.15, 0.2) is 15.8 Å². The largest absolute Gasteiger partial charge is 0.390 e. The zero-order valence-electron chi connectivity index (χ0n) is 12.1. The number of rotatable bonds is 6. The maximum atomic E-state index is 11.8. The van der Waals surface area contributed by atoms with E-state index in [2.05, 4.69) is 4.98 Å². The molecule has 1 aliphatic heterocycles. The molecule has 1 aromatic rings. The Kier molecular flexibility index (Phi) is 5.29. The molecule has 3 unspecified atom stereocenters. The molecule has 0 radical (unpaired) electrons. The lowest BCUT2D eigenvalue weighted by molar-refractivity contribution is -0.309. The number of nitrogens with zero attached hydrogens (tertiary/aromatic N) is 1. The van der Waals surface area contributed by atoms with Crippen LogP contribution in [-0.2, 0) is 14.5 Å². The number of aromatic amines is 1. The molecule has 0 spiro atoms. The molecule has 2 heterocycles.